The first-order valence-electron chi connectivity index (χ1n) is 14.0. The van der Waals surface area contributed by atoms with E-state index in [1.165, 1.54) is 19.4 Å². The lowest BCUT2D eigenvalue weighted by molar-refractivity contribution is -0.138. The molecule has 236 valence electrons. The Labute approximate surface area is 250 Å². The molecule has 2 fully saturated rings. The van der Waals surface area contributed by atoms with Crippen LogP contribution in [-0.2, 0) is 18.0 Å². The Morgan fingerprint density at radius 2 is 1.61 bits per heavy atom. The number of halogens is 5. The lowest BCUT2D eigenvalue weighted by atomic mass is 10.0. The van der Waals surface area contributed by atoms with Crippen LogP contribution < -0.4 is 20.7 Å². The molecule has 1 unspecified atom stereocenters. The van der Waals surface area contributed by atoms with Crippen molar-refractivity contribution in [2.75, 3.05) is 61.6 Å². The second kappa shape index (κ2) is 12.1. The van der Waals surface area contributed by atoms with Crippen LogP contribution in [0.25, 0.3) is 11.1 Å². The summed E-state index contributed by atoms with van der Waals surface area (Å²) in [5.41, 5.74) is -4.47. The van der Waals surface area contributed by atoms with Crippen LogP contribution in [0.1, 0.15) is 29.8 Å². The maximum absolute atomic E-state index is 16.5. The molecule has 1 aromatic carbocycles. The fourth-order valence-electron chi connectivity index (χ4n) is 5.44. The Morgan fingerprint density at radius 3 is 2.20 bits per heavy atom. The standard InChI is InChI=1S/C29H32F5N7O3/c1-16-13-41(14-17(2)39(16)4)22-10-21(30)24(18-11-35-28(36-12-18)40-5-7-44-8-6-40)25(31)26(22)37-27(43)19-15-38(3)23(42)9-20(19)29(32,33)34/h9-12,15-17H,5-8,13-14H2,1-4H3,(H,37,43)/t16-,17?/m0/s1. The highest BCUT2D eigenvalue weighted by Gasteiger charge is 2.37. The van der Waals surface area contributed by atoms with Crippen LogP contribution in [0.4, 0.5) is 39.3 Å². The SMILES string of the molecule is CC1CN(c2cc(F)c(-c3cnc(N4CCOCC4)nc3)c(F)c2NC(=O)c2cn(C)c(=O)cc2C(F)(F)F)C[C@H](C)N1C. The predicted molar refractivity (Wildman–Crippen MR) is 154 cm³/mol. The van der Waals surface area contributed by atoms with Gasteiger partial charge in [0.2, 0.25) is 5.95 Å². The van der Waals surface area contributed by atoms with E-state index in [2.05, 4.69) is 20.2 Å². The van der Waals surface area contributed by atoms with Crippen molar-refractivity contribution in [2.24, 2.45) is 7.05 Å². The van der Waals surface area contributed by atoms with Gasteiger partial charge in [-0.1, -0.05) is 0 Å². The minimum Gasteiger partial charge on any atom is -0.378 e. The summed E-state index contributed by atoms with van der Waals surface area (Å²) in [7, 11) is 3.10. The number of nitrogens with one attached hydrogen (secondary N) is 1. The number of ether oxygens (including phenoxy) is 1. The van der Waals surface area contributed by atoms with Crippen molar-refractivity contribution in [2.45, 2.75) is 32.1 Å². The number of pyridine rings is 1. The monoisotopic (exact) mass is 621 g/mol. The lowest BCUT2D eigenvalue weighted by Crippen LogP contribution is -2.55. The Hall–Kier alpha value is -4.11. The van der Waals surface area contributed by atoms with Gasteiger partial charge >= 0.3 is 6.18 Å². The number of alkyl halides is 3. The molecule has 0 saturated carbocycles. The third-order valence-electron chi connectivity index (χ3n) is 8.14. The molecule has 10 nitrogen and oxygen atoms in total. The fraction of sp³-hybridized carbons (Fsp3) is 0.448. The number of nitrogens with zero attached hydrogens (tertiary/aromatic N) is 6. The van der Waals surface area contributed by atoms with Crippen LogP contribution >= 0.6 is 0 Å². The molecule has 0 radical (unpaired) electrons. The number of aromatic nitrogens is 3. The maximum Gasteiger partial charge on any atom is 0.417 e. The van der Waals surface area contributed by atoms with Crippen molar-refractivity contribution in [1.82, 2.24) is 19.4 Å². The summed E-state index contributed by atoms with van der Waals surface area (Å²) in [6.45, 7) is 6.55. The van der Waals surface area contributed by atoms with E-state index in [9.17, 15) is 22.8 Å². The number of rotatable bonds is 5. The van der Waals surface area contributed by atoms with Crippen molar-refractivity contribution in [3.63, 3.8) is 0 Å². The number of hydrogen-bond donors (Lipinski definition) is 1. The van der Waals surface area contributed by atoms with E-state index >= 15 is 8.78 Å². The molecule has 2 aliphatic rings. The van der Waals surface area contributed by atoms with Gasteiger partial charge in [0.25, 0.3) is 11.5 Å². The summed E-state index contributed by atoms with van der Waals surface area (Å²) in [6.07, 6.45) is -1.81. The fourth-order valence-corrected chi connectivity index (χ4v) is 5.44. The molecule has 44 heavy (non-hydrogen) atoms. The number of carbonyl (C=O) groups excluding carboxylic acids is 1. The second-order valence-corrected chi connectivity index (χ2v) is 11.1. The van der Waals surface area contributed by atoms with E-state index in [4.69, 9.17) is 4.74 Å². The van der Waals surface area contributed by atoms with E-state index in [0.717, 1.165) is 16.8 Å². The first-order valence-corrected chi connectivity index (χ1v) is 14.0. The molecule has 4 heterocycles. The Bertz CT molecular complexity index is 1590. The average molecular weight is 622 g/mol. The third kappa shape index (κ3) is 6.11. The molecule has 1 amide bonds. The molecule has 1 N–H and O–H groups in total. The summed E-state index contributed by atoms with van der Waals surface area (Å²) in [6, 6.07) is 1.27. The van der Waals surface area contributed by atoms with Crippen LogP contribution in [0.5, 0.6) is 0 Å². The lowest BCUT2D eigenvalue weighted by Gasteiger charge is -2.44. The molecule has 15 heteroatoms. The largest absolute Gasteiger partial charge is 0.417 e. The van der Waals surface area contributed by atoms with E-state index < -0.39 is 51.7 Å². The molecule has 0 bridgehead atoms. The number of amides is 1. The van der Waals surface area contributed by atoms with Gasteiger partial charge < -0.3 is 24.4 Å². The topological polar surface area (TPSA) is 95.8 Å². The van der Waals surface area contributed by atoms with Gasteiger partial charge in [0.05, 0.1) is 35.6 Å². The van der Waals surface area contributed by atoms with Crippen molar-refractivity contribution < 1.29 is 31.5 Å². The van der Waals surface area contributed by atoms with E-state index in [0.29, 0.717) is 51.4 Å². The molecule has 3 aromatic rings. The van der Waals surface area contributed by atoms with Crippen LogP contribution in [0.3, 0.4) is 0 Å². The highest BCUT2D eigenvalue weighted by Crippen LogP contribution is 2.40. The number of piperazine rings is 1. The zero-order chi connectivity index (χ0) is 31.9. The smallest absolute Gasteiger partial charge is 0.378 e. The highest BCUT2D eigenvalue weighted by atomic mass is 19.4. The first kappa shape index (κ1) is 31.3. The first-order chi connectivity index (χ1) is 20.8. The minimum absolute atomic E-state index is 0.0303. The minimum atomic E-state index is -5.04. The van der Waals surface area contributed by atoms with Gasteiger partial charge in [0.1, 0.15) is 11.5 Å². The molecule has 2 aromatic heterocycles. The predicted octanol–water partition coefficient (Wildman–Crippen LogP) is 3.76. The van der Waals surface area contributed by atoms with Crippen LogP contribution in [0, 0.1) is 11.6 Å². The van der Waals surface area contributed by atoms with Gasteiger partial charge in [-0.15, -0.1) is 0 Å². The number of aryl methyl sites for hydroxylation is 1. The third-order valence-corrected chi connectivity index (χ3v) is 8.14. The summed E-state index contributed by atoms with van der Waals surface area (Å²) in [4.78, 5) is 39.5. The highest BCUT2D eigenvalue weighted by molar-refractivity contribution is 6.07. The molecule has 2 atom stereocenters. The number of hydrogen-bond acceptors (Lipinski definition) is 8. The van der Waals surface area contributed by atoms with E-state index in [-0.39, 0.29) is 23.3 Å². The average Bonchev–Trinajstić information content (AvgIpc) is 2.98. The molecular formula is C29H32F5N7O3. The van der Waals surface area contributed by atoms with Crippen LogP contribution in [-0.4, -0.2) is 83.9 Å². The maximum atomic E-state index is 16.5. The van der Waals surface area contributed by atoms with Crippen molar-refractivity contribution in [1.29, 1.82) is 0 Å². The number of benzene rings is 1. The summed E-state index contributed by atoms with van der Waals surface area (Å²) in [5, 5.41) is 2.28. The van der Waals surface area contributed by atoms with Gasteiger partial charge in [0, 0.05) is 81.6 Å². The Morgan fingerprint density at radius 1 is 1.00 bits per heavy atom. The van der Waals surface area contributed by atoms with Crippen LogP contribution in [0.15, 0.2) is 35.5 Å². The zero-order valence-electron chi connectivity index (χ0n) is 24.6. The van der Waals surface area contributed by atoms with E-state index in [1.54, 1.807) is 4.90 Å². The normalized spacial score (nSPS) is 19.8. The number of carbonyl (C=O) groups is 1. The Balaban J connectivity index is 1.61. The molecule has 2 saturated heterocycles. The van der Waals surface area contributed by atoms with Crippen molar-refractivity contribution in [3.05, 3.63) is 63.8 Å². The molecule has 0 aliphatic carbocycles. The van der Waals surface area contributed by atoms with Gasteiger partial charge in [0.15, 0.2) is 5.82 Å². The van der Waals surface area contributed by atoms with Gasteiger partial charge in [-0.25, -0.2) is 18.7 Å². The number of likely N-dealkylation sites (N-methyl/N-ethyl adjacent to an activating group) is 1. The van der Waals surface area contributed by atoms with Gasteiger partial charge in [-0.3, -0.25) is 14.5 Å². The summed E-state index contributed by atoms with van der Waals surface area (Å²) < 4.78 is 79.9. The quantitative estimate of drug-likeness (QED) is 0.431. The molecule has 0 spiro atoms. The molecule has 2 aliphatic heterocycles. The van der Waals surface area contributed by atoms with Crippen LogP contribution in [0.2, 0.25) is 0 Å². The summed E-state index contributed by atoms with van der Waals surface area (Å²) in [5.74, 6) is -3.14. The van der Waals surface area contributed by atoms with E-state index in [1.807, 2.05) is 25.8 Å². The van der Waals surface area contributed by atoms with Gasteiger partial charge in [-0.05, 0) is 20.9 Å². The van der Waals surface area contributed by atoms with Crippen molar-refractivity contribution >= 4 is 23.2 Å². The van der Waals surface area contributed by atoms with Gasteiger partial charge in [-0.2, -0.15) is 13.2 Å². The number of anilines is 3. The van der Waals surface area contributed by atoms with Crippen molar-refractivity contribution in [3.8, 4) is 11.1 Å². The second-order valence-electron chi connectivity index (χ2n) is 11.1. The zero-order valence-corrected chi connectivity index (χ0v) is 24.6. The number of morpholine rings is 1. The molecule has 5 rings (SSSR count). The Kier molecular flexibility index (Phi) is 8.62. The summed E-state index contributed by atoms with van der Waals surface area (Å²) >= 11 is 0. The molecular weight excluding hydrogens is 589 g/mol.